The van der Waals surface area contributed by atoms with Crippen LogP contribution in [0.15, 0.2) is 29.2 Å². The minimum absolute atomic E-state index is 0.0749. The predicted octanol–water partition coefficient (Wildman–Crippen LogP) is 2.93. The van der Waals surface area contributed by atoms with Crippen molar-refractivity contribution in [1.29, 1.82) is 0 Å². The van der Waals surface area contributed by atoms with Crippen LogP contribution in [0.2, 0.25) is 0 Å². The SMILES string of the molecule is COc1cccc(S(=O)(=O)Nc2sc3c(c2C(N)=O)CCCCC3)c1. The number of primary amides is 1. The van der Waals surface area contributed by atoms with Crippen molar-refractivity contribution in [2.75, 3.05) is 11.8 Å². The highest BCUT2D eigenvalue weighted by Gasteiger charge is 2.26. The number of rotatable bonds is 5. The smallest absolute Gasteiger partial charge is 0.262 e. The number of fused-ring (bicyclic) bond motifs is 1. The lowest BCUT2D eigenvalue weighted by molar-refractivity contribution is 0.100. The molecule has 134 valence electrons. The van der Waals surface area contributed by atoms with Gasteiger partial charge in [0.15, 0.2) is 0 Å². The van der Waals surface area contributed by atoms with Crippen molar-refractivity contribution in [3.63, 3.8) is 0 Å². The zero-order valence-electron chi connectivity index (χ0n) is 13.9. The first-order valence-corrected chi connectivity index (χ1v) is 10.3. The second kappa shape index (κ2) is 7.05. The van der Waals surface area contributed by atoms with E-state index < -0.39 is 15.9 Å². The van der Waals surface area contributed by atoms with Crippen molar-refractivity contribution in [2.45, 2.75) is 37.0 Å². The Morgan fingerprint density at radius 2 is 2.00 bits per heavy atom. The van der Waals surface area contributed by atoms with E-state index in [1.807, 2.05) is 0 Å². The quantitative estimate of drug-likeness (QED) is 0.779. The van der Waals surface area contributed by atoms with Crippen LogP contribution < -0.4 is 15.2 Å². The van der Waals surface area contributed by atoms with E-state index in [1.165, 1.54) is 30.6 Å². The van der Waals surface area contributed by atoms with Crippen LogP contribution in [0, 0.1) is 0 Å². The van der Waals surface area contributed by atoms with Crippen LogP contribution in [0.5, 0.6) is 5.75 Å². The van der Waals surface area contributed by atoms with E-state index in [0.29, 0.717) is 16.3 Å². The monoisotopic (exact) mass is 380 g/mol. The summed E-state index contributed by atoms with van der Waals surface area (Å²) in [6.45, 7) is 0. The molecule has 1 aromatic heterocycles. The number of carbonyl (C=O) groups excluding carboxylic acids is 1. The number of aryl methyl sites for hydroxylation is 1. The van der Waals surface area contributed by atoms with Crippen molar-refractivity contribution >= 4 is 32.3 Å². The highest BCUT2D eigenvalue weighted by atomic mass is 32.2. The Bertz CT molecular complexity index is 903. The molecule has 0 aliphatic heterocycles. The van der Waals surface area contributed by atoms with Crippen molar-refractivity contribution in [2.24, 2.45) is 5.73 Å². The summed E-state index contributed by atoms with van der Waals surface area (Å²) >= 11 is 1.31. The minimum atomic E-state index is -3.84. The summed E-state index contributed by atoms with van der Waals surface area (Å²) in [6, 6.07) is 6.19. The van der Waals surface area contributed by atoms with Gasteiger partial charge in [-0.05, 0) is 43.4 Å². The van der Waals surface area contributed by atoms with Crippen molar-refractivity contribution < 1.29 is 17.9 Å². The number of hydrogen-bond donors (Lipinski definition) is 2. The standard InChI is InChI=1S/C17H20N2O4S2/c1-23-11-6-5-7-12(10-11)25(21,22)19-17-15(16(18)20)13-8-3-2-4-9-14(13)24-17/h5-7,10,19H,2-4,8-9H2,1H3,(H2,18,20). The van der Waals surface area contributed by atoms with Crippen LogP contribution >= 0.6 is 11.3 Å². The van der Waals surface area contributed by atoms with Gasteiger partial charge in [-0.15, -0.1) is 11.3 Å². The number of sulfonamides is 1. The Morgan fingerprint density at radius 3 is 2.72 bits per heavy atom. The molecule has 3 N–H and O–H groups in total. The highest BCUT2D eigenvalue weighted by Crippen LogP contribution is 2.38. The van der Waals surface area contributed by atoms with E-state index in [0.717, 1.165) is 42.5 Å². The molecular formula is C17H20N2O4S2. The van der Waals surface area contributed by atoms with E-state index >= 15 is 0 Å². The van der Waals surface area contributed by atoms with Crippen LogP contribution in [0.25, 0.3) is 0 Å². The second-order valence-corrected chi connectivity index (χ2v) is 8.70. The number of ether oxygens (including phenoxy) is 1. The fourth-order valence-electron chi connectivity index (χ4n) is 3.02. The normalized spacial score (nSPS) is 14.4. The highest BCUT2D eigenvalue weighted by molar-refractivity contribution is 7.93. The molecule has 0 saturated heterocycles. The molecule has 0 fully saturated rings. The third-order valence-electron chi connectivity index (χ3n) is 4.25. The Kier molecular flexibility index (Phi) is 5.01. The Hall–Kier alpha value is -2.06. The van der Waals surface area contributed by atoms with Gasteiger partial charge < -0.3 is 10.5 Å². The fraction of sp³-hybridized carbons (Fsp3) is 0.353. The zero-order chi connectivity index (χ0) is 18.0. The Labute approximate surface area is 151 Å². The molecule has 0 spiro atoms. The first kappa shape index (κ1) is 17.8. The lowest BCUT2D eigenvalue weighted by Crippen LogP contribution is -2.18. The van der Waals surface area contributed by atoms with E-state index in [9.17, 15) is 13.2 Å². The van der Waals surface area contributed by atoms with Gasteiger partial charge >= 0.3 is 0 Å². The largest absolute Gasteiger partial charge is 0.497 e. The summed E-state index contributed by atoms with van der Waals surface area (Å²) in [7, 11) is -2.37. The zero-order valence-corrected chi connectivity index (χ0v) is 15.5. The number of benzene rings is 1. The number of carbonyl (C=O) groups is 1. The number of thiophene rings is 1. The molecule has 0 atom stereocenters. The van der Waals surface area contributed by atoms with Crippen LogP contribution in [0.4, 0.5) is 5.00 Å². The van der Waals surface area contributed by atoms with Gasteiger partial charge in [0, 0.05) is 10.9 Å². The molecule has 0 saturated carbocycles. The molecule has 3 rings (SSSR count). The van der Waals surface area contributed by atoms with Gasteiger partial charge in [-0.2, -0.15) is 0 Å². The summed E-state index contributed by atoms with van der Waals surface area (Å²) in [5.41, 5.74) is 6.76. The molecule has 0 bridgehead atoms. The van der Waals surface area contributed by atoms with Crippen LogP contribution in [-0.2, 0) is 22.9 Å². The summed E-state index contributed by atoms with van der Waals surface area (Å²) in [5, 5.41) is 0.308. The van der Waals surface area contributed by atoms with E-state index in [1.54, 1.807) is 12.1 Å². The second-order valence-electron chi connectivity index (χ2n) is 5.92. The predicted molar refractivity (Wildman–Crippen MR) is 97.9 cm³/mol. The van der Waals surface area contributed by atoms with Gasteiger partial charge in [0.1, 0.15) is 10.8 Å². The molecule has 1 amide bonds. The summed E-state index contributed by atoms with van der Waals surface area (Å²) < 4.78 is 33.1. The van der Waals surface area contributed by atoms with Gasteiger partial charge in [0.2, 0.25) is 0 Å². The van der Waals surface area contributed by atoms with E-state index in [-0.39, 0.29) is 4.90 Å². The lowest BCUT2D eigenvalue weighted by atomic mass is 10.1. The molecule has 25 heavy (non-hydrogen) atoms. The maximum Gasteiger partial charge on any atom is 0.262 e. The maximum atomic E-state index is 12.7. The third-order valence-corrected chi connectivity index (χ3v) is 6.93. The summed E-state index contributed by atoms with van der Waals surface area (Å²) in [5.74, 6) is -0.150. The van der Waals surface area contributed by atoms with E-state index in [4.69, 9.17) is 10.5 Å². The molecule has 1 heterocycles. The summed E-state index contributed by atoms with van der Waals surface area (Å²) in [6.07, 6.45) is 4.72. The number of anilines is 1. The van der Waals surface area contributed by atoms with Crippen LogP contribution in [0.3, 0.4) is 0 Å². The first-order valence-electron chi connectivity index (χ1n) is 8.03. The number of nitrogens with one attached hydrogen (secondary N) is 1. The Balaban J connectivity index is 2.00. The molecule has 2 aromatic rings. The van der Waals surface area contributed by atoms with Crippen LogP contribution in [-0.4, -0.2) is 21.4 Å². The van der Waals surface area contributed by atoms with Crippen molar-refractivity contribution in [3.05, 3.63) is 40.3 Å². The Morgan fingerprint density at radius 1 is 1.24 bits per heavy atom. The fourth-order valence-corrected chi connectivity index (χ4v) is 5.66. The lowest BCUT2D eigenvalue weighted by Gasteiger charge is -2.09. The van der Waals surface area contributed by atoms with Crippen molar-refractivity contribution in [1.82, 2.24) is 0 Å². The molecule has 8 heteroatoms. The first-order chi connectivity index (χ1) is 11.9. The van der Waals surface area contributed by atoms with Crippen molar-refractivity contribution in [3.8, 4) is 5.75 Å². The molecule has 1 aliphatic carbocycles. The molecule has 6 nitrogen and oxygen atoms in total. The maximum absolute atomic E-state index is 12.7. The van der Waals surface area contributed by atoms with Crippen LogP contribution in [0.1, 0.15) is 40.1 Å². The third kappa shape index (κ3) is 3.64. The van der Waals surface area contributed by atoms with E-state index in [2.05, 4.69) is 4.72 Å². The van der Waals surface area contributed by atoms with Gasteiger partial charge in [-0.25, -0.2) is 8.42 Å². The average Bonchev–Trinajstić information content (AvgIpc) is 2.75. The average molecular weight is 380 g/mol. The molecule has 1 aromatic carbocycles. The number of amides is 1. The van der Waals surface area contributed by atoms with Gasteiger partial charge in [0.05, 0.1) is 17.6 Å². The van der Waals surface area contributed by atoms with Gasteiger partial charge in [-0.3, -0.25) is 9.52 Å². The number of hydrogen-bond acceptors (Lipinski definition) is 5. The number of methoxy groups -OCH3 is 1. The topological polar surface area (TPSA) is 98.5 Å². The molecule has 0 unspecified atom stereocenters. The number of nitrogens with two attached hydrogens (primary N) is 1. The molecule has 0 radical (unpaired) electrons. The van der Waals surface area contributed by atoms with Gasteiger partial charge in [-0.1, -0.05) is 12.5 Å². The molecule has 1 aliphatic rings. The van der Waals surface area contributed by atoms with Gasteiger partial charge in [0.25, 0.3) is 15.9 Å². The summed E-state index contributed by atoms with van der Waals surface area (Å²) in [4.78, 5) is 13.1. The minimum Gasteiger partial charge on any atom is -0.497 e. The molecular weight excluding hydrogens is 360 g/mol.